The second kappa shape index (κ2) is 7.40. The average molecular weight is 332 g/mol. The van der Waals surface area contributed by atoms with E-state index in [0.29, 0.717) is 6.54 Å². The van der Waals surface area contributed by atoms with E-state index in [2.05, 4.69) is 58.1 Å². The van der Waals surface area contributed by atoms with Gasteiger partial charge in [0.15, 0.2) is 0 Å². The van der Waals surface area contributed by atoms with Gasteiger partial charge in [0.1, 0.15) is 0 Å². The Bertz CT molecular complexity index is 596. The number of thioether (sulfide) groups is 1. The number of nitrogens with two attached hydrogens (primary N) is 1. The van der Waals surface area contributed by atoms with Gasteiger partial charge >= 0.3 is 0 Å². The van der Waals surface area contributed by atoms with E-state index in [-0.39, 0.29) is 0 Å². The number of hydrogen-bond acceptors (Lipinski definition) is 2. The number of rotatable bonds is 3. The molecule has 2 rings (SSSR count). The highest BCUT2D eigenvalue weighted by Crippen LogP contribution is 2.25. The van der Waals surface area contributed by atoms with Crippen molar-refractivity contribution in [3.63, 3.8) is 0 Å². The predicted octanol–water partition coefficient (Wildman–Crippen LogP) is 4.05. The second-order valence-electron chi connectivity index (χ2n) is 3.95. The highest BCUT2D eigenvalue weighted by Gasteiger charge is 1.97. The molecule has 0 saturated carbocycles. The second-order valence-corrected chi connectivity index (χ2v) is 5.91. The molecule has 1 nitrogen and oxygen atoms in total. The van der Waals surface area contributed by atoms with Crippen molar-refractivity contribution in [2.45, 2.75) is 10.6 Å². The SMILES string of the molecule is NCC#Cc1ccc(CSc2cccc(Br)c2)cc1. The van der Waals surface area contributed by atoms with Crippen LogP contribution in [0.4, 0.5) is 0 Å². The molecule has 2 aromatic carbocycles. The van der Waals surface area contributed by atoms with Crippen LogP contribution >= 0.6 is 27.7 Å². The van der Waals surface area contributed by atoms with E-state index in [0.717, 1.165) is 15.8 Å². The molecule has 0 aliphatic heterocycles. The zero-order valence-electron chi connectivity index (χ0n) is 10.4. The molecule has 2 N–H and O–H groups in total. The zero-order chi connectivity index (χ0) is 13.5. The molecule has 0 aromatic heterocycles. The van der Waals surface area contributed by atoms with Crippen LogP contribution in [0.5, 0.6) is 0 Å². The van der Waals surface area contributed by atoms with Crippen LogP contribution < -0.4 is 5.73 Å². The van der Waals surface area contributed by atoms with E-state index in [9.17, 15) is 0 Å². The maximum atomic E-state index is 5.35. The first-order chi connectivity index (χ1) is 9.28. The standard InChI is InChI=1S/C16H14BrNS/c17-15-4-1-5-16(11-15)19-12-14-8-6-13(7-9-14)3-2-10-18/h1,4-9,11H,10,12,18H2. The molecule has 0 bridgehead atoms. The van der Waals surface area contributed by atoms with Crippen LogP contribution in [0, 0.1) is 11.8 Å². The molecule has 0 heterocycles. The summed E-state index contributed by atoms with van der Waals surface area (Å²) < 4.78 is 1.12. The zero-order valence-corrected chi connectivity index (χ0v) is 12.8. The lowest BCUT2D eigenvalue weighted by atomic mass is 10.1. The quantitative estimate of drug-likeness (QED) is 0.678. The Balaban J connectivity index is 1.96. The summed E-state index contributed by atoms with van der Waals surface area (Å²) in [6, 6.07) is 16.7. The lowest BCUT2D eigenvalue weighted by molar-refractivity contribution is 1.30. The highest BCUT2D eigenvalue weighted by molar-refractivity contribution is 9.10. The van der Waals surface area contributed by atoms with Gasteiger partial charge in [0.25, 0.3) is 0 Å². The van der Waals surface area contributed by atoms with Gasteiger partial charge in [-0.15, -0.1) is 11.8 Å². The van der Waals surface area contributed by atoms with Crippen LogP contribution in [0.15, 0.2) is 57.9 Å². The predicted molar refractivity (Wildman–Crippen MR) is 86.1 cm³/mol. The van der Waals surface area contributed by atoms with Crippen LogP contribution in [-0.2, 0) is 5.75 Å². The Morgan fingerprint density at radius 2 is 1.89 bits per heavy atom. The van der Waals surface area contributed by atoms with E-state index in [1.165, 1.54) is 10.5 Å². The molecule has 0 aliphatic rings. The summed E-state index contributed by atoms with van der Waals surface area (Å²) in [5.41, 5.74) is 7.66. The van der Waals surface area contributed by atoms with Gasteiger partial charge in [-0.2, -0.15) is 0 Å². The van der Waals surface area contributed by atoms with Crippen LogP contribution in [0.25, 0.3) is 0 Å². The molecule has 2 aromatic rings. The van der Waals surface area contributed by atoms with Gasteiger partial charge in [-0.05, 0) is 35.9 Å². The monoisotopic (exact) mass is 331 g/mol. The average Bonchev–Trinajstić information content (AvgIpc) is 2.44. The normalized spacial score (nSPS) is 9.79. The third-order valence-electron chi connectivity index (χ3n) is 2.49. The summed E-state index contributed by atoms with van der Waals surface area (Å²) in [4.78, 5) is 1.27. The summed E-state index contributed by atoms with van der Waals surface area (Å²) in [5, 5.41) is 0. The molecule has 0 aliphatic carbocycles. The third-order valence-corrected chi connectivity index (χ3v) is 4.05. The van der Waals surface area contributed by atoms with Gasteiger partial charge in [-0.3, -0.25) is 0 Å². The molecule has 96 valence electrons. The first-order valence-corrected chi connectivity index (χ1v) is 7.72. The van der Waals surface area contributed by atoms with Crippen LogP contribution in [-0.4, -0.2) is 6.54 Å². The molecule has 0 fully saturated rings. The van der Waals surface area contributed by atoms with Gasteiger partial charge in [0, 0.05) is 20.7 Å². The minimum absolute atomic E-state index is 0.403. The Kier molecular flexibility index (Phi) is 5.53. The summed E-state index contributed by atoms with van der Waals surface area (Å²) in [6.07, 6.45) is 0. The number of hydrogen-bond donors (Lipinski definition) is 1. The summed E-state index contributed by atoms with van der Waals surface area (Å²) in [6.45, 7) is 0.403. The van der Waals surface area contributed by atoms with E-state index >= 15 is 0 Å². The maximum Gasteiger partial charge on any atom is 0.0555 e. The van der Waals surface area contributed by atoms with Gasteiger partial charge in [-0.25, -0.2) is 0 Å². The fourth-order valence-electron chi connectivity index (χ4n) is 1.56. The minimum Gasteiger partial charge on any atom is -0.320 e. The molecule has 0 radical (unpaired) electrons. The first kappa shape index (κ1) is 14.2. The van der Waals surface area contributed by atoms with E-state index in [4.69, 9.17) is 5.73 Å². The Hall–Kier alpha value is -1.21. The van der Waals surface area contributed by atoms with Gasteiger partial charge in [-0.1, -0.05) is 46.0 Å². The topological polar surface area (TPSA) is 26.0 Å². The van der Waals surface area contributed by atoms with Crippen LogP contribution in [0.1, 0.15) is 11.1 Å². The fourth-order valence-corrected chi connectivity index (χ4v) is 3.02. The van der Waals surface area contributed by atoms with E-state index in [1.807, 2.05) is 30.0 Å². The van der Waals surface area contributed by atoms with Crippen molar-refractivity contribution >= 4 is 27.7 Å². The smallest absolute Gasteiger partial charge is 0.0555 e. The summed E-state index contributed by atoms with van der Waals surface area (Å²) >= 11 is 5.31. The number of benzene rings is 2. The van der Waals surface area contributed by atoms with Gasteiger partial charge in [0.2, 0.25) is 0 Å². The number of halogens is 1. The molecule has 3 heteroatoms. The molecular formula is C16H14BrNS. The van der Waals surface area contributed by atoms with Gasteiger partial charge in [0.05, 0.1) is 6.54 Å². The largest absolute Gasteiger partial charge is 0.320 e. The van der Waals surface area contributed by atoms with Crippen molar-refractivity contribution in [2.24, 2.45) is 5.73 Å². The third kappa shape index (κ3) is 4.76. The molecule has 0 amide bonds. The molecular weight excluding hydrogens is 318 g/mol. The lowest BCUT2D eigenvalue weighted by Crippen LogP contribution is -1.93. The Morgan fingerprint density at radius 3 is 2.58 bits per heavy atom. The van der Waals surface area contributed by atoms with Crippen LogP contribution in [0.3, 0.4) is 0 Å². The first-order valence-electron chi connectivity index (χ1n) is 5.94. The lowest BCUT2D eigenvalue weighted by Gasteiger charge is -2.03. The molecule has 0 atom stereocenters. The highest BCUT2D eigenvalue weighted by atomic mass is 79.9. The van der Waals surface area contributed by atoms with Crippen molar-refractivity contribution in [1.29, 1.82) is 0 Å². The molecule has 0 unspecified atom stereocenters. The minimum atomic E-state index is 0.403. The van der Waals surface area contributed by atoms with E-state index in [1.54, 1.807) is 0 Å². The molecule has 0 spiro atoms. The van der Waals surface area contributed by atoms with Crippen molar-refractivity contribution in [3.8, 4) is 11.8 Å². The van der Waals surface area contributed by atoms with Crippen molar-refractivity contribution in [1.82, 2.24) is 0 Å². The Labute approximate surface area is 126 Å². The molecule has 19 heavy (non-hydrogen) atoms. The summed E-state index contributed by atoms with van der Waals surface area (Å²) in [7, 11) is 0. The Morgan fingerprint density at radius 1 is 1.11 bits per heavy atom. The maximum absolute atomic E-state index is 5.35. The summed E-state index contributed by atoms with van der Waals surface area (Å²) in [5.74, 6) is 6.84. The van der Waals surface area contributed by atoms with Crippen molar-refractivity contribution in [3.05, 3.63) is 64.1 Å². The van der Waals surface area contributed by atoms with Gasteiger partial charge < -0.3 is 5.73 Å². The fraction of sp³-hybridized carbons (Fsp3) is 0.125. The van der Waals surface area contributed by atoms with Crippen molar-refractivity contribution < 1.29 is 0 Å². The van der Waals surface area contributed by atoms with E-state index < -0.39 is 0 Å². The van der Waals surface area contributed by atoms with Crippen molar-refractivity contribution in [2.75, 3.05) is 6.54 Å². The van der Waals surface area contributed by atoms with Crippen LogP contribution in [0.2, 0.25) is 0 Å². The molecule has 0 saturated heterocycles.